The summed E-state index contributed by atoms with van der Waals surface area (Å²) >= 11 is 5.41. The molecule has 0 saturated carbocycles. The monoisotopic (exact) mass is 348 g/mol. The second-order valence-corrected chi connectivity index (χ2v) is 7.48. The van der Waals surface area contributed by atoms with Crippen molar-refractivity contribution < 1.29 is 5.11 Å². The maximum Gasteiger partial charge on any atom is 0.0500 e. The summed E-state index contributed by atoms with van der Waals surface area (Å²) < 4.78 is 1.08. The molecule has 0 fully saturated rings. The molecule has 1 heterocycles. The molecule has 2 aromatic rings. The van der Waals surface area contributed by atoms with Crippen molar-refractivity contribution in [2.45, 2.75) is 28.9 Å². The van der Waals surface area contributed by atoms with Crippen LogP contribution in [0.3, 0.4) is 0 Å². The molecule has 0 spiro atoms. The van der Waals surface area contributed by atoms with Crippen LogP contribution in [0.1, 0.15) is 23.5 Å². The molecule has 3 rings (SSSR count). The Balaban J connectivity index is 1.69. The molecule has 0 amide bonds. The first kappa shape index (κ1) is 14.2. The van der Waals surface area contributed by atoms with E-state index in [0.29, 0.717) is 5.25 Å². The first-order valence-corrected chi connectivity index (χ1v) is 8.54. The molecule has 20 heavy (non-hydrogen) atoms. The van der Waals surface area contributed by atoms with Gasteiger partial charge in [0.1, 0.15) is 0 Å². The van der Waals surface area contributed by atoms with E-state index in [-0.39, 0.29) is 12.5 Å². The van der Waals surface area contributed by atoms with Gasteiger partial charge in [-0.25, -0.2) is 0 Å². The summed E-state index contributed by atoms with van der Waals surface area (Å²) in [6, 6.07) is 17.0. The molecule has 0 radical (unpaired) electrons. The number of hydrogen-bond donors (Lipinski definition) is 1. The van der Waals surface area contributed by atoms with E-state index in [1.165, 1.54) is 16.0 Å². The van der Waals surface area contributed by atoms with Gasteiger partial charge in [0, 0.05) is 27.1 Å². The summed E-state index contributed by atoms with van der Waals surface area (Å²) in [6.07, 6.45) is 2.14. The quantitative estimate of drug-likeness (QED) is 0.868. The van der Waals surface area contributed by atoms with E-state index in [2.05, 4.69) is 64.5 Å². The molecular weight excluding hydrogens is 332 g/mol. The van der Waals surface area contributed by atoms with Gasteiger partial charge in [-0.05, 0) is 42.2 Å². The fraction of sp³-hybridized carbons (Fsp3) is 0.294. The Bertz CT molecular complexity index is 557. The van der Waals surface area contributed by atoms with Crippen LogP contribution in [0.25, 0.3) is 0 Å². The van der Waals surface area contributed by atoms with Crippen LogP contribution in [0.4, 0.5) is 0 Å². The number of halogens is 1. The van der Waals surface area contributed by atoms with Gasteiger partial charge < -0.3 is 5.11 Å². The number of aliphatic hydroxyl groups is 1. The van der Waals surface area contributed by atoms with Crippen LogP contribution in [-0.4, -0.2) is 17.0 Å². The number of thioether (sulfide) groups is 1. The Morgan fingerprint density at radius 2 is 1.90 bits per heavy atom. The summed E-state index contributed by atoms with van der Waals surface area (Å²) in [5.41, 5.74) is 2.68. The van der Waals surface area contributed by atoms with Crippen molar-refractivity contribution in [2.24, 2.45) is 0 Å². The van der Waals surface area contributed by atoms with Gasteiger partial charge in [-0.3, -0.25) is 0 Å². The predicted octanol–water partition coefficient (Wildman–Crippen LogP) is 4.63. The average molecular weight is 349 g/mol. The molecule has 1 N–H and O–H groups in total. The van der Waals surface area contributed by atoms with E-state index in [1.807, 2.05) is 11.8 Å². The highest BCUT2D eigenvalue weighted by atomic mass is 79.9. The van der Waals surface area contributed by atoms with Crippen molar-refractivity contribution >= 4 is 27.7 Å². The Hall–Kier alpha value is -0.770. The molecule has 1 aliphatic heterocycles. The van der Waals surface area contributed by atoms with E-state index >= 15 is 0 Å². The number of rotatable bonds is 4. The van der Waals surface area contributed by atoms with Crippen molar-refractivity contribution in [3.05, 3.63) is 64.1 Å². The van der Waals surface area contributed by atoms with E-state index in [1.54, 1.807) is 0 Å². The SMILES string of the molecule is OCC(CC1Cc2ccccc2S1)c1ccc(Br)cc1. The molecule has 2 aromatic carbocycles. The minimum atomic E-state index is 0.217. The Morgan fingerprint density at radius 1 is 1.15 bits per heavy atom. The molecule has 3 heteroatoms. The fourth-order valence-electron chi connectivity index (χ4n) is 2.75. The van der Waals surface area contributed by atoms with Crippen molar-refractivity contribution in [3.63, 3.8) is 0 Å². The second-order valence-electron chi connectivity index (χ2n) is 5.22. The van der Waals surface area contributed by atoms with Gasteiger partial charge in [0.25, 0.3) is 0 Å². The second kappa shape index (κ2) is 6.33. The highest BCUT2D eigenvalue weighted by molar-refractivity contribution is 9.10. The highest BCUT2D eigenvalue weighted by Gasteiger charge is 2.25. The first-order chi connectivity index (χ1) is 9.76. The largest absolute Gasteiger partial charge is 0.396 e. The lowest BCUT2D eigenvalue weighted by Crippen LogP contribution is -2.12. The summed E-state index contributed by atoms with van der Waals surface area (Å²) in [5, 5.41) is 10.3. The molecule has 104 valence electrons. The van der Waals surface area contributed by atoms with Crippen LogP contribution in [0.15, 0.2) is 57.9 Å². The molecule has 2 atom stereocenters. The Kier molecular flexibility index (Phi) is 4.49. The number of hydrogen-bond acceptors (Lipinski definition) is 2. The normalized spacial score (nSPS) is 18.8. The van der Waals surface area contributed by atoms with Gasteiger partial charge in [-0.2, -0.15) is 0 Å². The van der Waals surface area contributed by atoms with Crippen LogP contribution in [-0.2, 0) is 6.42 Å². The molecule has 0 bridgehead atoms. The highest BCUT2D eigenvalue weighted by Crippen LogP contribution is 2.41. The Morgan fingerprint density at radius 3 is 2.60 bits per heavy atom. The number of aliphatic hydroxyl groups excluding tert-OH is 1. The third-order valence-electron chi connectivity index (χ3n) is 3.82. The minimum absolute atomic E-state index is 0.217. The van der Waals surface area contributed by atoms with Gasteiger partial charge in [-0.15, -0.1) is 11.8 Å². The van der Waals surface area contributed by atoms with Crippen LogP contribution in [0.2, 0.25) is 0 Å². The summed E-state index contributed by atoms with van der Waals surface area (Å²) in [6.45, 7) is 0.217. The molecule has 0 aliphatic carbocycles. The van der Waals surface area contributed by atoms with E-state index < -0.39 is 0 Å². The standard InChI is InChI=1S/C17H17BrOS/c18-15-7-5-12(6-8-15)14(11-19)10-16-9-13-3-1-2-4-17(13)20-16/h1-8,14,16,19H,9-11H2. The zero-order valence-corrected chi connectivity index (χ0v) is 13.5. The van der Waals surface area contributed by atoms with Gasteiger partial charge in [0.15, 0.2) is 0 Å². The number of benzene rings is 2. The van der Waals surface area contributed by atoms with Crippen LogP contribution in [0, 0.1) is 0 Å². The lowest BCUT2D eigenvalue weighted by atomic mass is 9.93. The van der Waals surface area contributed by atoms with E-state index in [0.717, 1.165) is 17.3 Å². The van der Waals surface area contributed by atoms with Crippen LogP contribution >= 0.6 is 27.7 Å². The van der Waals surface area contributed by atoms with Gasteiger partial charge in [-0.1, -0.05) is 46.3 Å². The minimum Gasteiger partial charge on any atom is -0.396 e. The molecule has 1 aliphatic rings. The molecular formula is C17H17BrOS. The molecule has 0 aromatic heterocycles. The lowest BCUT2D eigenvalue weighted by molar-refractivity contribution is 0.258. The zero-order chi connectivity index (χ0) is 13.9. The van der Waals surface area contributed by atoms with Gasteiger partial charge in [0.2, 0.25) is 0 Å². The molecule has 1 nitrogen and oxygen atoms in total. The lowest BCUT2D eigenvalue weighted by Gasteiger charge is -2.18. The molecule has 2 unspecified atom stereocenters. The summed E-state index contributed by atoms with van der Waals surface area (Å²) in [4.78, 5) is 1.41. The topological polar surface area (TPSA) is 20.2 Å². The third-order valence-corrected chi connectivity index (χ3v) is 5.70. The fourth-order valence-corrected chi connectivity index (χ4v) is 4.43. The Labute approximate surface area is 132 Å². The van der Waals surface area contributed by atoms with Crippen molar-refractivity contribution in [3.8, 4) is 0 Å². The average Bonchev–Trinajstić information content (AvgIpc) is 2.88. The maximum atomic E-state index is 9.71. The maximum absolute atomic E-state index is 9.71. The number of fused-ring (bicyclic) bond motifs is 1. The van der Waals surface area contributed by atoms with Gasteiger partial charge >= 0.3 is 0 Å². The van der Waals surface area contributed by atoms with Crippen molar-refractivity contribution in [1.29, 1.82) is 0 Å². The predicted molar refractivity (Wildman–Crippen MR) is 88.4 cm³/mol. The summed E-state index contributed by atoms with van der Waals surface area (Å²) in [5.74, 6) is 0.231. The van der Waals surface area contributed by atoms with Crippen molar-refractivity contribution in [2.75, 3.05) is 6.61 Å². The third kappa shape index (κ3) is 3.11. The van der Waals surface area contributed by atoms with Crippen molar-refractivity contribution in [1.82, 2.24) is 0 Å². The summed E-state index contributed by atoms with van der Waals surface area (Å²) in [7, 11) is 0. The van der Waals surface area contributed by atoms with E-state index in [9.17, 15) is 5.11 Å². The smallest absolute Gasteiger partial charge is 0.0500 e. The van der Waals surface area contributed by atoms with Gasteiger partial charge in [0.05, 0.1) is 0 Å². The first-order valence-electron chi connectivity index (χ1n) is 6.87. The zero-order valence-electron chi connectivity index (χ0n) is 11.1. The molecule has 0 saturated heterocycles. The van der Waals surface area contributed by atoms with Crippen LogP contribution in [0.5, 0.6) is 0 Å². The van der Waals surface area contributed by atoms with Crippen LogP contribution < -0.4 is 0 Å². The van der Waals surface area contributed by atoms with E-state index in [4.69, 9.17) is 0 Å².